The largest absolute Gasteiger partial charge is 0.308 e. The summed E-state index contributed by atoms with van der Waals surface area (Å²) in [6, 6.07) is 43.2. The molecular formula is C39H27N4OP. The molecule has 1 aliphatic rings. The second-order valence-electron chi connectivity index (χ2n) is 11.5. The number of nitrogens with zero attached hydrogens (tertiary/aromatic N) is 4. The highest BCUT2D eigenvalue weighted by Gasteiger charge is 2.39. The van der Waals surface area contributed by atoms with Crippen LogP contribution >= 0.6 is 7.14 Å². The Morgan fingerprint density at radius 3 is 2.22 bits per heavy atom. The van der Waals surface area contributed by atoms with Gasteiger partial charge in [-0.05, 0) is 47.5 Å². The number of pyridine rings is 2. The summed E-state index contributed by atoms with van der Waals surface area (Å²) in [5, 5.41) is 4.70. The molecule has 0 saturated heterocycles. The second kappa shape index (κ2) is 9.82. The van der Waals surface area contributed by atoms with Gasteiger partial charge in [0.15, 0.2) is 7.14 Å². The zero-order valence-electron chi connectivity index (χ0n) is 24.6. The highest BCUT2D eigenvalue weighted by molar-refractivity contribution is 7.86. The van der Waals surface area contributed by atoms with Crippen LogP contribution in [0.1, 0.15) is 12.7 Å². The van der Waals surface area contributed by atoms with E-state index in [1.54, 1.807) is 0 Å². The molecule has 0 spiro atoms. The first-order chi connectivity index (χ1) is 22.1. The second-order valence-corrected chi connectivity index (χ2v) is 14.2. The zero-order chi connectivity index (χ0) is 30.1. The maximum Gasteiger partial charge on any atom is 0.175 e. The number of benzene rings is 5. The Kier molecular flexibility index (Phi) is 5.68. The van der Waals surface area contributed by atoms with Crippen molar-refractivity contribution in [3.8, 4) is 28.1 Å². The molecule has 0 radical (unpaired) electrons. The normalized spacial score (nSPS) is 15.5. The summed E-state index contributed by atoms with van der Waals surface area (Å²) in [5.74, 6) is 0.968. The Morgan fingerprint density at radius 1 is 0.644 bits per heavy atom. The molecule has 5 aromatic carbocycles. The molecule has 0 aliphatic carbocycles. The van der Waals surface area contributed by atoms with Crippen molar-refractivity contribution in [3.63, 3.8) is 0 Å². The van der Waals surface area contributed by atoms with Gasteiger partial charge >= 0.3 is 0 Å². The summed E-state index contributed by atoms with van der Waals surface area (Å²) in [6.07, 6.45) is 2.59. The van der Waals surface area contributed by atoms with Gasteiger partial charge in [-0.2, -0.15) is 0 Å². The molecular weight excluding hydrogens is 571 g/mol. The predicted molar refractivity (Wildman–Crippen MR) is 185 cm³/mol. The molecule has 9 rings (SSSR count). The Labute approximate surface area is 260 Å². The number of para-hydroxylation sites is 1. The van der Waals surface area contributed by atoms with E-state index < -0.39 is 7.14 Å². The molecule has 4 heterocycles. The fourth-order valence-electron chi connectivity index (χ4n) is 6.82. The van der Waals surface area contributed by atoms with Crippen LogP contribution in [-0.4, -0.2) is 19.5 Å². The van der Waals surface area contributed by atoms with E-state index in [1.165, 1.54) is 0 Å². The lowest BCUT2D eigenvalue weighted by Crippen LogP contribution is -2.33. The smallest absolute Gasteiger partial charge is 0.175 e. The first kappa shape index (κ1) is 26.1. The molecule has 0 N–H and O–H groups in total. The Hall–Kier alpha value is -5.38. The van der Waals surface area contributed by atoms with E-state index in [1.807, 2.05) is 60.8 Å². The van der Waals surface area contributed by atoms with Crippen LogP contribution in [0.3, 0.4) is 0 Å². The Bertz CT molecular complexity index is 2500. The summed E-state index contributed by atoms with van der Waals surface area (Å²) >= 11 is 0. The average molecular weight is 599 g/mol. The first-order valence-corrected chi connectivity index (χ1v) is 16.9. The van der Waals surface area contributed by atoms with E-state index in [-0.39, 0.29) is 0 Å². The fourth-order valence-corrected chi connectivity index (χ4v) is 9.81. The molecule has 3 aromatic heterocycles. The molecule has 0 saturated carbocycles. The molecule has 1 unspecified atom stereocenters. The van der Waals surface area contributed by atoms with Crippen LogP contribution in [-0.2, 0) is 11.0 Å². The lowest BCUT2D eigenvalue weighted by Gasteiger charge is -2.29. The quantitative estimate of drug-likeness (QED) is 0.152. The molecule has 1 aliphatic heterocycles. The molecule has 6 heteroatoms. The summed E-state index contributed by atoms with van der Waals surface area (Å²) < 4.78 is 17.6. The van der Waals surface area contributed by atoms with Crippen molar-refractivity contribution in [1.82, 2.24) is 19.5 Å². The van der Waals surface area contributed by atoms with Crippen LogP contribution in [0.15, 0.2) is 134 Å². The SMILES string of the molecule is CCc1nc2cccc3c2n1-c1cc(-c2ccc(-c4ccc5ccc6cccnc6c5n4)cc2)ccc1P3(=O)c1ccccc1. The summed E-state index contributed by atoms with van der Waals surface area (Å²) in [5.41, 5.74) is 8.69. The lowest BCUT2D eigenvalue weighted by molar-refractivity contribution is 0.592. The minimum absolute atomic E-state index is 0.770. The number of imidazole rings is 1. The van der Waals surface area contributed by atoms with Crippen LogP contribution in [0, 0.1) is 0 Å². The topological polar surface area (TPSA) is 60.7 Å². The summed E-state index contributed by atoms with van der Waals surface area (Å²) in [6.45, 7) is 2.12. The van der Waals surface area contributed by atoms with Gasteiger partial charge in [-0.3, -0.25) is 9.55 Å². The standard InChI is InChI=1S/C39H27N4OP/c1-2-36-41-32-11-6-12-35-39(32)43(36)33-24-29(20-22-34(33)45(35,44)30-9-4-3-5-10-30)25-13-15-26(16-14-25)31-21-19-28-18-17-27-8-7-23-40-37(27)38(28)42-31/h3-24H,2H2,1H3. The third-order valence-electron chi connectivity index (χ3n) is 9.00. The van der Waals surface area contributed by atoms with Gasteiger partial charge in [0, 0.05) is 44.9 Å². The minimum Gasteiger partial charge on any atom is -0.308 e. The molecule has 1 atom stereocenters. The van der Waals surface area contributed by atoms with E-state index in [4.69, 9.17) is 9.97 Å². The Balaban J connectivity index is 1.18. The lowest BCUT2D eigenvalue weighted by atomic mass is 10.0. The maximum absolute atomic E-state index is 15.3. The monoisotopic (exact) mass is 598 g/mol. The van der Waals surface area contributed by atoms with Gasteiger partial charge in [0.1, 0.15) is 5.82 Å². The minimum atomic E-state index is -3.13. The number of hydrogen-bond donors (Lipinski definition) is 0. The molecule has 214 valence electrons. The molecule has 0 bridgehead atoms. The van der Waals surface area contributed by atoms with E-state index in [9.17, 15) is 0 Å². The van der Waals surface area contributed by atoms with E-state index in [0.717, 1.165) is 89.1 Å². The number of aromatic nitrogens is 4. The third kappa shape index (κ3) is 3.81. The van der Waals surface area contributed by atoms with Gasteiger partial charge in [0.25, 0.3) is 0 Å². The van der Waals surface area contributed by atoms with E-state index in [0.29, 0.717) is 0 Å². The van der Waals surface area contributed by atoms with Gasteiger partial charge in [-0.25, -0.2) is 9.97 Å². The fraction of sp³-hybridized carbons (Fsp3) is 0.0513. The van der Waals surface area contributed by atoms with E-state index in [2.05, 4.69) is 89.3 Å². The van der Waals surface area contributed by atoms with E-state index >= 15 is 4.57 Å². The average Bonchev–Trinajstić information content (AvgIpc) is 3.50. The van der Waals surface area contributed by atoms with Gasteiger partial charge in [-0.1, -0.05) is 97.9 Å². The van der Waals surface area contributed by atoms with Crippen molar-refractivity contribution in [2.24, 2.45) is 0 Å². The van der Waals surface area contributed by atoms with Gasteiger partial charge < -0.3 is 4.57 Å². The molecule has 45 heavy (non-hydrogen) atoms. The molecule has 5 nitrogen and oxygen atoms in total. The van der Waals surface area contributed by atoms with Crippen LogP contribution in [0.2, 0.25) is 0 Å². The molecule has 0 fully saturated rings. The highest BCUT2D eigenvalue weighted by Crippen LogP contribution is 2.49. The number of fused-ring (bicyclic) bond motifs is 5. The molecule has 0 amide bonds. The van der Waals surface area contributed by atoms with Crippen molar-refractivity contribution >= 4 is 55.9 Å². The van der Waals surface area contributed by atoms with Crippen LogP contribution < -0.4 is 15.9 Å². The van der Waals surface area contributed by atoms with Crippen molar-refractivity contribution in [2.45, 2.75) is 13.3 Å². The van der Waals surface area contributed by atoms with Gasteiger partial charge in [0.05, 0.1) is 33.4 Å². The third-order valence-corrected chi connectivity index (χ3v) is 12.1. The Morgan fingerprint density at radius 2 is 1.40 bits per heavy atom. The van der Waals surface area contributed by atoms with Crippen molar-refractivity contribution in [1.29, 1.82) is 0 Å². The molecule has 8 aromatic rings. The van der Waals surface area contributed by atoms with Crippen LogP contribution in [0.5, 0.6) is 0 Å². The maximum atomic E-state index is 15.3. The predicted octanol–water partition coefficient (Wildman–Crippen LogP) is 7.97. The number of hydrogen-bond acceptors (Lipinski definition) is 4. The number of rotatable bonds is 4. The van der Waals surface area contributed by atoms with Crippen LogP contribution in [0.25, 0.3) is 60.9 Å². The van der Waals surface area contributed by atoms with Crippen molar-refractivity contribution in [2.75, 3.05) is 0 Å². The summed E-state index contributed by atoms with van der Waals surface area (Å²) in [7, 11) is -3.13. The van der Waals surface area contributed by atoms with Crippen LogP contribution in [0.4, 0.5) is 0 Å². The van der Waals surface area contributed by atoms with Gasteiger partial charge in [0.2, 0.25) is 0 Å². The highest BCUT2D eigenvalue weighted by atomic mass is 31.2. The van der Waals surface area contributed by atoms with Gasteiger partial charge in [-0.15, -0.1) is 0 Å². The van der Waals surface area contributed by atoms with Crippen molar-refractivity contribution < 1.29 is 4.57 Å². The summed E-state index contributed by atoms with van der Waals surface area (Å²) in [4.78, 5) is 14.6. The van der Waals surface area contributed by atoms with Crippen molar-refractivity contribution in [3.05, 3.63) is 139 Å². The first-order valence-electron chi connectivity index (χ1n) is 15.2. The zero-order valence-corrected chi connectivity index (χ0v) is 25.4. The number of aryl methyl sites for hydroxylation is 1.